The zero-order chi connectivity index (χ0) is 13.3. The van der Waals surface area contributed by atoms with Gasteiger partial charge < -0.3 is 4.74 Å². The lowest BCUT2D eigenvalue weighted by Crippen LogP contribution is -2.29. The van der Waals surface area contributed by atoms with Crippen molar-refractivity contribution in [3.63, 3.8) is 0 Å². The average molecular weight is 285 g/mol. The maximum absolute atomic E-state index is 11.8. The lowest BCUT2D eigenvalue weighted by atomic mass is 10.0. The average Bonchev–Trinajstić information content (AvgIpc) is 2.66. The molecule has 0 spiro atoms. The lowest BCUT2D eigenvalue weighted by molar-refractivity contribution is -0.144. The number of hydrogen-bond acceptors (Lipinski definition) is 4. The number of Topliss-reactive ketones (excluding diaryl/α,β-unsaturated/α-hetero) is 2. The molecule has 1 heterocycles. The highest BCUT2D eigenvalue weighted by atomic mass is 35.5. The molecule has 1 aromatic carbocycles. The Morgan fingerprint density at radius 3 is 2.22 bits per heavy atom. The predicted octanol–water partition coefficient (Wildman–Crippen LogP) is 2.05. The number of halogens is 2. The molecule has 1 atom stereocenters. The van der Waals surface area contributed by atoms with Gasteiger partial charge in [-0.25, -0.2) is 4.79 Å². The maximum Gasteiger partial charge on any atom is 0.352 e. The first-order valence-corrected chi connectivity index (χ1v) is 5.67. The summed E-state index contributed by atoms with van der Waals surface area (Å²) in [6, 6.07) is 7.91. The fraction of sp³-hybridized carbons (Fsp3) is 0.0833. The Balaban J connectivity index is 2.25. The van der Waals surface area contributed by atoms with Crippen LogP contribution in [0.1, 0.15) is 10.4 Å². The van der Waals surface area contributed by atoms with Crippen molar-refractivity contribution in [1.82, 2.24) is 0 Å². The molecule has 0 aromatic heterocycles. The van der Waals surface area contributed by atoms with Crippen molar-refractivity contribution in [2.45, 2.75) is 6.10 Å². The molecule has 4 nitrogen and oxygen atoms in total. The number of ketones is 2. The second-order valence-electron chi connectivity index (χ2n) is 3.51. The third-order valence-corrected chi connectivity index (χ3v) is 3.18. The van der Waals surface area contributed by atoms with Gasteiger partial charge in [-0.1, -0.05) is 53.5 Å². The molecule has 18 heavy (non-hydrogen) atoms. The normalized spacial score (nSPS) is 18.8. The van der Waals surface area contributed by atoms with Gasteiger partial charge in [0.05, 0.1) is 5.03 Å². The molecule has 6 heteroatoms. The van der Waals surface area contributed by atoms with E-state index < -0.39 is 23.6 Å². The molecule has 92 valence electrons. The fourth-order valence-electron chi connectivity index (χ4n) is 1.44. The Labute approximate surface area is 112 Å². The van der Waals surface area contributed by atoms with Crippen LogP contribution in [0.15, 0.2) is 40.4 Å². The van der Waals surface area contributed by atoms with Crippen molar-refractivity contribution in [1.29, 1.82) is 0 Å². The molecule has 0 radical (unpaired) electrons. The minimum absolute atomic E-state index is 0.200. The molecule has 2 rings (SSSR count). The number of esters is 1. The van der Waals surface area contributed by atoms with Crippen molar-refractivity contribution < 1.29 is 19.1 Å². The van der Waals surface area contributed by atoms with Crippen molar-refractivity contribution in [2.24, 2.45) is 0 Å². The minimum Gasteiger partial charge on any atom is -0.444 e. The molecule has 1 aliphatic heterocycles. The molecule has 0 N–H and O–H groups in total. The number of carbonyl (C=O) groups is 3. The lowest BCUT2D eigenvalue weighted by Gasteiger charge is -2.07. The summed E-state index contributed by atoms with van der Waals surface area (Å²) >= 11 is 11.2. The molecule has 0 unspecified atom stereocenters. The van der Waals surface area contributed by atoms with Crippen LogP contribution >= 0.6 is 23.2 Å². The summed E-state index contributed by atoms with van der Waals surface area (Å²) in [5.41, 5.74) is 0.200. The Morgan fingerprint density at radius 2 is 1.72 bits per heavy atom. The molecule has 0 bridgehead atoms. The van der Waals surface area contributed by atoms with Gasteiger partial charge in [0, 0.05) is 5.56 Å². The zero-order valence-corrected chi connectivity index (χ0v) is 10.4. The first kappa shape index (κ1) is 12.8. The van der Waals surface area contributed by atoms with Crippen LogP contribution in [0, 0.1) is 0 Å². The van der Waals surface area contributed by atoms with Crippen LogP contribution < -0.4 is 0 Å². The summed E-state index contributed by atoms with van der Waals surface area (Å²) < 4.78 is 4.64. The van der Waals surface area contributed by atoms with Crippen molar-refractivity contribution in [3.8, 4) is 0 Å². The molecule has 0 amide bonds. The highest BCUT2D eigenvalue weighted by Crippen LogP contribution is 2.29. The molecule has 1 aliphatic rings. The molecular formula is C12H6Cl2O4. The number of carbonyl (C=O) groups excluding carboxylic acids is 3. The number of ether oxygens (including phenoxy) is 1. The van der Waals surface area contributed by atoms with Gasteiger partial charge in [-0.05, 0) is 0 Å². The van der Waals surface area contributed by atoms with Crippen LogP contribution in [0.4, 0.5) is 0 Å². The van der Waals surface area contributed by atoms with Gasteiger partial charge in [0.2, 0.25) is 17.7 Å². The third-order valence-electron chi connectivity index (χ3n) is 2.34. The molecule has 0 aliphatic carbocycles. The highest BCUT2D eigenvalue weighted by Gasteiger charge is 2.40. The van der Waals surface area contributed by atoms with Crippen LogP contribution in [-0.2, 0) is 14.3 Å². The van der Waals surface area contributed by atoms with E-state index in [1.807, 2.05) is 0 Å². The van der Waals surface area contributed by atoms with Crippen LogP contribution in [0.3, 0.4) is 0 Å². The summed E-state index contributed by atoms with van der Waals surface area (Å²) in [7, 11) is 0. The molecular weight excluding hydrogens is 279 g/mol. The predicted molar refractivity (Wildman–Crippen MR) is 64.4 cm³/mol. The van der Waals surface area contributed by atoms with E-state index >= 15 is 0 Å². The Bertz CT molecular complexity index is 563. The van der Waals surface area contributed by atoms with Gasteiger partial charge in [0.1, 0.15) is 5.03 Å². The number of cyclic esters (lactones) is 1. The monoisotopic (exact) mass is 284 g/mol. The number of hydrogen-bond donors (Lipinski definition) is 0. The van der Waals surface area contributed by atoms with E-state index in [2.05, 4.69) is 4.74 Å². The van der Waals surface area contributed by atoms with Crippen molar-refractivity contribution in [2.75, 3.05) is 0 Å². The summed E-state index contributed by atoms with van der Waals surface area (Å²) in [6.07, 6.45) is -1.43. The first-order chi connectivity index (χ1) is 8.52. The molecule has 0 fully saturated rings. The Hall–Kier alpha value is -1.65. The standard InChI is InChI=1S/C12H6Cl2O4/c13-7-8(14)12(17)18-11(7)10(16)9(15)6-4-2-1-3-5-6/h1-5,11H/t11-/m1/s1. The van der Waals surface area contributed by atoms with E-state index in [4.69, 9.17) is 23.2 Å². The molecule has 0 saturated carbocycles. The summed E-state index contributed by atoms with van der Waals surface area (Å²) in [4.78, 5) is 34.8. The van der Waals surface area contributed by atoms with Crippen molar-refractivity contribution >= 4 is 40.7 Å². The Kier molecular flexibility index (Phi) is 3.50. The van der Waals surface area contributed by atoms with Gasteiger partial charge in [0.15, 0.2) is 0 Å². The molecule has 0 saturated heterocycles. The van der Waals surface area contributed by atoms with E-state index in [0.717, 1.165) is 0 Å². The van der Waals surface area contributed by atoms with Gasteiger partial charge in [-0.15, -0.1) is 0 Å². The van der Waals surface area contributed by atoms with Crippen LogP contribution in [-0.4, -0.2) is 23.6 Å². The quantitative estimate of drug-likeness (QED) is 0.484. The highest BCUT2D eigenvalue weighted by molar-refractivity contribution is 6.53. The number of rotatable bonds is 3. The van der Waals surface area contributed by atoms with Gasteiger partial charge in [-0.2, -0.15) is 0 Å². The van der Waals surface area contributed by atoms with Crippen LogP contribution in [0.5, 0.6) is 0 Å². The second kappa shape index (κ2) is 4.92. The largest absolute Gasteiger partial charge is 0.444 e. The van der Waals surface area contributed by atoms with E-state index in [1.165, 1.54) is 12.1 Å². The van der Waals surface area contributed by atoms with E-state index in [-0.39, 0.29) is 15.6 Å². The van der Waals surface area contributed by atoms with Crippen LogP contribution in [0.2, 0.25) is 0 Å². The van der Waals surface area contributed by atoms with Gasteiger partial charge in [-0.3, -0.25) is 9.59 Å². The SMILES string of the molecule is O=C1O[C@@H](C(=O)C(=O)c2ccccc2)C(Cl)=C1Cl. The van der Waals surface area contributed by atoms with E-state index in [0.29, 0.717) is 0 Å². The topological polar surface area (TPSA) is 60.4 Å². The fourth-order valence-corrected chi connectivity index (χ4v) is 1.81. The van der Waals surface area contributed by atoms with E-state index in [1.54, 1.807) is 18.2 Å². The van der Waals surface area contributed by atoms with Crippen LogP contribution in [0.25, 0.3) is 0 Å². The number of benzene rings is 1. The third kappa shape index (κ3) is 2.17. The Morgan fingerprint density at radius 1 is 1.11 bits per heavy atom. The molecule has 1 aromatic rings. The van der Waals surface area contributed by atoms with Gasteiger partial charge in [0.25, 0.3) is 0 Å². The summed E-state index contributed by atoms with van der Waals surface area (Å²) in [5, 5.41) is -0.619. The maximum atomic E-state index is 11.8. The summed E-state index contributed by atoms with van der Waals surface area (Å²) in [5.74, 6) is -2.60. The smallest absolute Gasteiger partial charge is 0.352 e. The van der Waals surface area contributed by atoms with Gasteiger partial charge >= 0.3 is 5.97 Å². The summed E-state index contributed by atoms with van der Waals surface area (Å²) in [6.45, 7) is 0. The second-order valence-corrected chi connectivity index (χ2v) is 4.29. The minimum atomic E-state index is -1.43. The first-order valence-electron chi connectivity index (χ1n) is 4.92. The van der Waals surface area contributed by atoms with E-state index in [9.17, 15) is 14.4 Å². The zero-order valence-electron chi connectivity index (χ0n) is 8.85. The van der Waals surface area contributed by atoms with Crippen molar-refractivity contribution in [3.05, 3.63) is 46.0 Å².